The smallest absolute Gasteiger partial charge is 0.167 e. The van der Waals surface area contributed by atoms with Crippen molar-refractivity contribution in [2.75, 3.05) is 0 Å². The van der Waals surface area contributed by atoms with E-state index in [9.17, 15) is 4.79 Å². The van der Waals surface area contributed by atoms with Crippen LogP contribution in [0.15, 0.2) is 36.4 Å². The molecule has 17 heavy (non-hydrogen) atoms. The monoisotopic (exact) mass is 224 g/mol. The van der Waals surface area contributed by atoms with E-state index in [0.717, 1.165) is 17.1 Å². The largest absolute Gasteiger partial charge is 0.294 e. The minimum Gasteiger partial charge on any atom is -0.294 e. The molecule has 86 valence electrons. The van der Waals surface area contributed by atoms with Gasteiger partial charge in [0.1, 0.15) is 0 Å². The zero-order chi connectivity index (χ0) is 11.4. The van der Waals surface area contributed by atoms with Gasteiger partial charge in [0, 0.05) is 11.5 Å². The molecule has 0 radical (unpaired) electrons. The summed E-state index contributed by atoms with van der Waals surface area (Å²) in [5, 5.41) is 0. The molecular formula is C16H16O. The Morgan fingerprint density at radius 3 is 2.53 bits per heavy atom. The number of allylic oxidation sites excluding steroid dienone is 2. The molecule has 0 aliphatic heterocycles. The van der Waals surface area contributed by atoms with Crippen LogP contribution in [0.3, 0.4) is 0 Å². The topological polar surface area (TPSA) is 17.1 Å². The summed E-state index contributed by atoms with van der Waals surface area (Å²) in [6.45, 7) is 0. The molecule has 0 aromatic heterocycles. The van der Waals surface area contributed by atoms with Crippen LogP contribution in [0, 0.1) is 23.7 Å². The van der Waals surface area contributed by atoms with E-state index in [-0.39, 0.29) is 0 Å². The molecule has 4 rings (SSSR count). The van der Waals surface area contributed by atoms with Gasteiger partial charge in [-0.2, -0.15) is 0 Å². The molecule has 0 heterocycles. The van der Waals surface area contributed by atoms with Crippen LogP contribution in [0.4, 0.5) is 0 Å². The van der Waals surface area contributed by atoms with E-state index in [4.69, 9.17) is 0 Å². The Labute approximate surface area is 102 Å². The molecule has 2 saturated carbocycles. The van der Waals surface area contributed by atoms with Crippen LogP contribution in [0.5, 0.6) is 0 Å². The van der Waals surface area contributed by atoms with Gasteiger partial charge in [0.2, 0.25) is 0 Å². The van der Waals surface area contributed by atoms with Crippen molar-refractivity contribution in [1.82, 2.24) is 0 Å². The number of carbonyl (C=O) groups excluding carboxylic acids is 1. The quantitative estimate of drug-likeness (QED) is 0.715. The molecule has 1 aromatic carbocycles. The Morgan fingerprint density at radius 2 is 1.76 bits per heavy atom. The number of rotatable bonds is 1. The second-order valence-corrected chi connectivity index (χ2v) is 5.75. The molecule has 1 heteroatoms. The van der Waals surface area contributed by atoms with Crippen LogP contribution in [0.2, 0.25) is 0 Å². The first kappa shape index (κ1) is 9.64. The van der Waals surface area contributed by atoms with Crippen LogP contribution in [-0.2, 0) is 4.79 Å². The molecule has 2 fully saturated rings. The molecule has 0 N–H and O–H groups in total. The van der Waals surface area contributed by atoms with Crippen molar-refractivity contribution in [3.8, 4) is 0 Å². The van der Waals surface area contributed by atoms with E-state index in [1.165, 1.54) is 19.3 Å². The lowest BCUT2D eigenvalue weighted by Gasteiger charge is -2.22. The van der Waals surface area contributed by atoms with Crippen LogP contribution in [-0.4, -0.2) is 5.78 Å². The normalized spacial score (nSPS) is 38.4. The lowest BCUT2D eigenvalue weighted by Crippen LogP contribution is -2.23. The first-order valence-corrected chi connectivity index (χ1v) is 6.66. The summed E-state index contributed by atoms with van der Waals surface area (Å²) < 4.78 is 0. The number of carbonyl (C=O) groups is 1. The molecule has 0 spiro atoms. The van der Waals surface area contributed by atoms with Crippen molar-refractivity contribution in [3.63, 3.8) is 0 Å². The van der Waals surface area contributed by atoms with Gasteiger partial charge in [-0.15, -0.1) is 0 Å². The van der Waals surface area contributed by atoms with Crippen LogP contribution < -0.4 is 0 Å². The highest BCUT2D eigenvalue weighted by Crippen LogP contribution is 2.57. The molecular weight excluding hydrogens is 208 g/mol. The molecule has 1 aromatic rings. The molecule has 4 atom stereocenters. The third-order valence-electron chi connectivity index (χ3n) is 4.99. The third kappa shape index (κ3) is 1.23. The molecule has 2 unspecified atom stereocenters. The lowest BCUT2D eigenvalue weighted by molar-refractivity contribution is -0.118. The fourth-order valence-electron chi connectivity index (χ4n) is 4.27. The van der Waals surface area contributed by atoms with E-state index in [2.05, 4.69) is 18.2 Å². The van der Waals surface area contributed by atoms with Crippen LogP contribution >= 0.6 is 0 Å². The van der Waals surface area contributed by atoms with E-state index in [0.29, 0.717) is 23.5 Å². The number of ketones is 1. The highest BCUT2D eigenvalue weighted by atomic mass is 16.1. The molecule has 3 aliphatic carbocycles. The summed E-state index contributed by atoms with van der Waals surface area (Å²) in [7, 11) is 0. The minimum atomic E-state index is 0.337. The van der Waals surface area contributed by atoms with E-state index in [1.807, 2.05) is 18.2 Å². The molecule has 1 nitrogen and oxygen atoms in total. The van der Waals surface area contributed by atoms with Crippen LogP contribution in [0.25, 0.3) is 5.57 Å². The molecule has 0 saturated heterocycles. The van der Waals surface area contributed by atoms with Crippen molar-refractivity contribution < 1.29 is 4.79 Å². The van der Waals surface area contributed by atoms with Crippen molar-refractivity contribution in [3.05, 3.63) is 42.0 Å². The zero-order valence-electron chi connectivity index (χ0n) is 9.80. The predicted molar refractivity (Wildman–Crippen MR) is 67.2 cm³/mol. The number of Topliss-reactive ketones (excluding diaryl/α,β-unsaturated/α-hetero) is 1. The number of benzene rings is 1. The number of hydrogen-bond acceptors (Lipinski definition) is 1. The Morgan fingerprint density at radius 1 is 1.00 bits per heavy atom. The first-order valence-electron chi connectivity index (χ1n) is 6.66. The second-order valence-electron chi connectivity index (χ2n) is 5.75. The van der Waals surface area contributed by atoms with Gasteiger partial charge in [-0.05, 0) is 42.6 Å². The summed E-state index contributed by atoms with van der Waals surface area (Å²) in [5.41, 5.74) is 2.11. The Balaban J connectivity index is 1.75. The SMILES string of the molecule is O=C1C(c2ccccc2)=C[C@@H]2C3CCC(C3)[C@H]12. The van der Waals surface area contributed by atoms with Gasteiger partial charge < -0.3 is 0 Å². The lowest BCUT2D eigenvalue weighted by atomic mass is 9.81. The highest BCUT2D eigenvalue weighted by Gasteiger charge is 2.53. The molecule has 2 bridgehead atoms. The highest BCUT2D eigenvalue weighted by molar-refractivity contribution is 6.24. The maximum Gasteiger partial charge on any atom is 0.167 e. The van der Waals surface area contributed by atoms with Gasteiger partial charge in [0.05, 0.1) is 0 Å². The zero-order valence-corrected chi connectivity index (χ0v) is 9.80. The summed E-state index contributed by atoms with van der Waals surface area (Å²) >= 11 is 0. The average molecular weight is 224 g/mol. The average Bonchev–Trinajstić information content (AvgIpc) is 3.03. The van der Waals surface area contributed by atoms with Crippen LogP contribution in [0.1, 0.15) is 24.8 Å². The second kappa shape index (κ2) is 3.32. The summed E-state index contributed by atoms with van der Waals surface area (Å²) in [6.07, 6.45) is 6.22. The first-order chi connectivity index (χ1) is 8.34. The molecule has 3 aliphatic rings. The Hall–Kier alpha value is -1.37. The van der Waals surface area contributed by atoms with Gasteiger partial charge in [0.25, 0.3) is 0 Å². The van der Waals surface area contributed by atoms with Crippen molar-refractivity contribution in [2.45, 2.75) is 19.3 Å². The van der Waals surface area contributed by atoms with Gasteiger partial charge in [-0.1, -0.05) is 36.4 Å². The van der Waals surface area contributed by atoms with Crippen molar-refractivity contribution in [2.24, 2.45) is 23.7 Å². The Kier molecular flexibility index (Phi) is 1.88. The minimum absolute atomic E-state index is 0.337. The maximum atomic E-state index is 12.5. The van der Waals surface area contributed by atoms with E-state index in [1.54, 1.807) is 0 Å². The van der Waals surface area contributed by atoms with E-state index >= 15 is 0 Å². The van der Waals surface area contributed by atoms with Gasteiger partial charge in [-0.3, -0.25) is 4.79 Å². The predicted octanol–water partition coefficient (Wildman–Crippen LogP) is 3.32. The maximum absolute atomic E-state index is 12.5. The van der Waals surface area contributed by atoms with Crippen molar-refractivity contribution >= 4 is 11.4 Å². The standard InChI is InChI=1S/C16H16O/c17-16-14(10-4-2-1-3-5-10)9-13-11-6-7-12(8-11)15(13)16/h1-5,9,11-13,15H,6-8H2/t11?,12?,13-,15+/m1/s1. The summed E-state index contributed by atoms with van der Waals surface area (Å²) in [5.74, 6) is 2.82. The van der Waals surface area contributed by atoms with Crippen molar-refractivity contribution in [1.29, 1.82) is 0 Å². The van der Waals surface area contributed by atoms with Gasteiger partial charge in [-0.25, -0.2) is 0 Å². The fraction of sp³-hybridized carbons (Fsp3) is 0.438. The molecule has 0 amide bonds. The summed E-state index contributed by atoms with van der Waals surface area (Å²) in [6, 6.07) is 10.2. The number of fused-ring (bicyclic) bond motifs is 5. The Bertz CT molecular complexity index is 500. The van der Waals surface area contributed by atoms with E-state index < -0.39 is 0 Å². The fourth-order valence-corrected chi connectivity index (χ4v) is 4.27. The summed E-state index contributed by atoms with van der Waals surface area (Å²) in [4.78, 5) is 12.5. The van der Waals surface area contributed by atoms with Gasteiger partial charge in [0.15, 0.2) is 5.78 Å². The van der Waals surface area contributed by atoms with Gasteiger partial charge >= 0.3 is 0 Å². The third-order valence-corrected chi connectivity index (χ3v) is 4.99. The number of hydrogen-bond donors (Lipinski definition) is 0.